The van der Waals surface area contributed by atoms with Crippen LogP contribution in [-0.4, -0.2) is 24.9 Å². The molecule has 2 heterocycles. The summed E-state index contributed by atoms with van der Waals surface area (Å²) >= 11 is 11.9. The second kappa shape index (κ2) is 9.10. The minimum absolute atomic E-state index is 0.133. The monoisotopic (exact) mass is 476 g/mol. The summed E-state index contributed by atoms with van der Waals surface area (Å²) < 4.78 is 7.85. The van der Waals surface area contributed by atoms with Gasteiger partial charge in [0.25, 0.3) is 0 Å². The van der Waals surface area contributed by atoms with Crippen LogP contribution in [0.4, 0.5) is 0 Å². The predicted molar refractivity (Wildman–Crippen MR) is 129 cm³/mol. The van der Waals surface area contributed by atoms with Crippen molar-refractivity contribution in [3.8, 4) is 23.0 Å². The van der Waals surface area contributed by atoms with Crippen molar-refractivity contribution in [1.29, 1.82) is 0 Å². The van der Waals surface area contributed by atoms with E-state index in [1.54, 1.807) is 12.1 Å². The number of hydrogen-bond acceptors (Lipinski definition) is 5. The van der Waals surface area contributed by atoms with Gasteiger partial charge in [-0.15, -0.1) is 5.10 Å². The van der Waals surface area contributed by atoms with Crippen LogP contribution in [0.3, 0.4) is 0 Å². The van der Waals surface area contributed by atoms with E-state index >= 15 is 0 Å². The van der Waals surface area contributed by atoms with Gasteiger partial charge in [0.05, 0.1) is 16.2 Å². The van der Waals surface area contributed by atoms with Gasteiger partial charge in [-0.2, -0.15) is 0 Å². The van der Waals surface area contributed by atoms with Crippen LogP contribution >= 0.6 is 23.2 Å². The zero-order valence-corrected chi connectivity index (χ0v) is 18.8. The Kier molecular flexibility index (Phi) is 5.86. The summed E-state index contributed by atoms with van der Waals surface area (Å²) in [6.45, 7) is 1.13. The maximum absolute atomic E-state index is 9.68. The smallest absolute Gasteiger partial charge is 0.336 e. The van der Waals surface area contributed by atoms with Gasteiger partial charge < -0.3 is 14.4 Å². The molecule has 0 aliphatic carbocycles. The normalized spacial score (nSPS) is 11.1. The van der Waals surface area contributed by atoms with Crippen molar-refractivity contribution < 1.29 is 9.84 Å². The first kappa shape index (κ1) is 21.2. The van der Waals surface area contributed by atoms with E-state index in [4.69, 9.17) is 27.9 Å². The first-order valence-corrected chi connectivity index (χ1v) is 10.9. The molecular weight excluding hydrogens is 459 g/mol. The zero-order chi connectivity index (χ0) is 22.8. The van der Waals surface area contributed by atoms with Crippen LogP contribution in [0.25, 0.3) is 22.0 Å². The number of fused-ring (bicyclic) bond motifs is 1. The highest BCUT2D eigenvalue weighted by Gasteiger charge is 2.10. The molecule has 1 N–H and O–H groups in total. The van der Waals surface area contributed by atoms with Gasteiger partial charge in [-0.25, -0.2) is 4.98 Å². The Labute approximate surface area is 200 Å². The van der Waals surface area contributed by atoms with Crippen molar-refractivity contribution in [2.24, 2.45) is 0 Å². The van der Waals surface area contributed by atoms with Crippen LogP contribution in [0.15, 0.2) is 79.3 Å². The van der Waals surface area contributed by atoms with Crippen LogP contribution in [-0.2, 0) is 13.2 Å². The molecule has 164 valence electrons. The summed E-state index contributed by atoms with van der Waals surface area (Å²) in [4.78, 5) is 4.20. The van der Waals surface area contributed by atoms with Crippen LogP contribution in [0.5, 0.6) is 11.8 Å². The van der Waals surface area contributed by atoms with Crippen molar-refractivity contribution in [2.45, 2.75) is 13.2 Å². The quantitative estimate of drug-likeness (QED) is 0.318. The molecule has 6 nitrogen and oxygen atoms in total. The summed E-state index contributed by atoms with van der Waals surface area (Å²) in [6, 6.07) is 19.8. The number of hydrogen-bond donors (Lipinski definition) is 1. The van der Waals surface area contributed by atoms with Crippen molar-refractivity contribution in [3.63, 3.8) is 0 Å². The Morgan fingerprint density at radius 2 is 1.48 bits per heavy atom. The molecule has 0 unspecified atom stereocenters. The lowest BCUT2D eigenvalue weighted by Crippen LogP contribution is -2.02. The third-order valence-corrected chi connectivity index (χ3v) is 5.79. The highest BCUT2D eigenvalue weighted by molar-refractivity contribution is 6.37. The van der Waals surface area contributed by atoms with E-state index in [0.29, 0.717) is 17.9 Å². The Morgan fingerprint density at radius 1 is 0.848 bits per heavy atom. The molecule has 8 heteroatoms. The number of phenols is 1. The summed E-state index contributed by atoms with van der Waals surface area (Å²) in [7, 11) is 0. The molecule has 0 bridgehead atoms. The molecule has 0 fully saturated rings. The van der Waals surface area contributed by atoms with Crippen molar-refractivity contribution in [1.82, 2.24) is 19.7 Å². The third kappa shape index (κ3) is 4.77. The number of nitrogens with zero attached hydrogens (tertiary/aromatic N) is 4. The zero-order valence-electron chi connectivity index (χ0n) is 17.3. The summed E-state index contributed by atoms with van der Waals surface area (Å²) in [5.74, 6) is -0.171. The summed E-state index contributed by atoms with van der Waals surface area (Å²) in [5.41, 5.74) is 3.27. The second-order valence-corrected chi connectivity index (χ2v) is 8.39. The lowest BCUT2D eigenvalue weighted by Gasteiger charge is -2.07. The van der Waals surface area contributed by atoms with Crippen molar-refractivity contribution in [2.75, 3.05) is 0 Å². The molecule has 5 aromatic rings. The number of halogens is 2. The van der Waals surface area contributed by atoms with Crippen molar-refractivity contribution >= 4 is 34.0 Å². The highest BCUT2D eigenvalue weighted by atomic mass is 35.5. The minimum Gasteiger partial charge on any atom is -0.505 e. The van der Waals surface area contributed by atoms with E-state index in [-0.39, 0.29) is 21.8 Å². The SMILES string of the molecule is Oc1c(Cl)cc(-c2cnc(OCc3ccc(Cn4cc5ccccc5c4)cc3)nn2)cc1Cl. The lowest BCUT2D eigenvalue weighted by molar-refractivity contribution is 0.276. The van der Waals surface area contributed by atoms with Gasteiger partial charge in [-0.05, 0) is 34.0 Å². The fourth-order valence-corrected chi connectivity index (χ4v) is 3.99. The van der Waals surface area contributed by atoms with Crippen molar-refractivity contribution in [3.05, 3.63) is 100 Å². The first-order valence-electron chi connectivity index (χ1n) is 10.2. The number of aromatic nitrogens is 4. The molecule has 5 rings (SSSR count). The fraction of sp³-hybridized carbons (Fsp3) is 0.0800. The standard InChI is InChI=1S/C25H18Cl2N4O2/c26-21-9-20(10-22(27)24(21)32)23-11-28-25(30-29-23)33-15-17-7-5-16(6-8-17)12-31-13-18-3-1-2-4-19(18)14-31/h1-11,13-14,32H,12,15H2. The highest BCUT2D eigenvalue weighted by Crippen LogP contribution is 2.35. The number of rotatable bonds is 6. The predicted octanol–water partition coefficient (Wildman–Crippen LogP) is 6.13. The van der Waals surface area contributed by atoms with Gasteiger partial charge in [-0.3, -0.25) is 0 Å². The first-order chi connectivity index (χ1) is 16.0. The topological polar surface area (TPSA) is 73.1 Å². The molecule has 33 heavy (non-hydrogen) atoms. The Bertz CT molecular complexity index is 1360. The molecule has 0 atom stereocenters. The molecule has 0 amide bonds. The molecule has 0 aliphatic heterocycles. The average Bonchev–Trinajstić information content (AvgIpc) is 3.24. The molecular formula is C25H18Cl2N4O2. The maximum Gasteiger partial charge on any atom is 0.336 e. The average molecular weight is 477 g/mol. The van der Waals surface area contributed by atoms with E-state index in [9.17, 15) is 5.11 Å². The number of aromatic hydroxyl groups is 1. The molecule has 3 aromatic carbocycles. The molecule has 0 radical (unpaired) electrons. The largest absolute Gasteiger partial charge is 0.505 e. The number of benzene rings is 3. The Morgan fingerprint density at radius 3 is 2.09 bits per heavy atom. The second-order valence-electron chi connectivity index (χ2n) is 7.58. The van der Waals surface area contributed by atoms with E-state index in [0.717, 1.165) is 12.1 Å². The molecule has 0 saturated carbocycles. The van der Waals surface area contributed by atoms with Gasteiger partial charge in [0.15, 0.2) is 5.75 Å². The maximum atomic E-state index is 9.68. The molecule has 0 saturated heterocycles. The van der Waals surface area contributed by atoms with E-state index < -0.39 is 0 Å². The van der Waals surface area contributed by atoms with Gasteiger partial charge >= 0.3 is 6.01 Å². The van der Waals surface area contributed by atoms with Crippen LogP contribution in [0.1, 0.15) is 11.1 Å². The van der Waals surface area contributed by atoms with E-state index in [2.05, 4.69) is 56.4 Å². The van der Waals surface area contributed by atoms with Crippen LogP contribution < -0.4 is 4.74 Å². The lowest BCUT2D eigenvalue weighted by atomic mass is 10.1. The molecule has 0 spiro atoms. The van der Waals surface area contributed by atoms with Gasteiger partial charge in [-0.1, -0.05) is 76.8 Å². The summed E-state index contributed by atoms with van der Waals surface area (Å²) in [6.07, 6.45) is 5.83. The van der Waals surface area contributed by atoms with Crippen LogP contribution in [0, 0.1) is 0 Å². The van der Waals surface area contributed by atoms with Gasteiger partial charge in [0.2, 0.25) is 0 Å². The van der Waals surface area contributed by atoms with E-state index in [1.165, 1.54) is 22.5 Å². The fourth-order valence-electron chi connectivity index (χ4n) is 3.51. The minimum atomic E-state index is -0.171. The van der Waals surface area contributed by atoms with Crippen LogP contribution in [0.2, 0.25) is 10.0 Å². The molecule has 0 aliphatic rings. The Balaban J connectivity index is 1.20. The molecule has 2 aromatic heterocycles. The number of ether oxygens (including phenoxy) is 1. The van der Waals surface area contributed by atoms with E-state index in [1.807, 2.05) is 24.3 Å². The number of phenolic OH excluding ortho intramolecular Hbond substituents is 1. The van der Waals surface area contributed by atoms with Gasteiger partial charge in [0, 0.05) is 24.5 Å². The van der Waals surface area contributed by atoms with Gasteiger partial charge in [0.1, 0.15) is 12.3 Å². The Hall–Kier alpha value is -3.61. The summed E-state index contributed by atoms with van der Waals surface area (Å²) in [5, 5.41) is 20.5. The third-order valence-electron chi connectivity index (χ3n) is 5.22.